The molecular formula is C25H34N6O. The van der Waals surface area contributed by atoms with Crippen molar-refractivity contribution < 1.29 is 4.74 Å². The Balaban J connectivity index is 0.000000204. The second-order valence-electron chi connectivity index (χ2n) is 7.85. The van der Waals surface area contributed by atoms with Crippen LogP contribution in [-0.2, 0) is 4.74 Å². The highest BCUT2D eigenvalue weighted by Crippen LogP contribution is 2.35. The van der Waals surface area contributed by atoms with Crippen LogP contribution < -0.4 is 28.5 Å². The topological polar surface area (TPSA) is 138 Å². The molecule has 9 N–H and O–H groups in total. The maximum absolute atomic E-state index is 6.13. The van der Waals surface area contributed by atoms with Crippen LogP contribution in [0.5, 0.6) is 0 Å². The summed E-state index contributed by atoms with van der Waals surface area (Å²) in [6.07, 6.45) is 4.84. The molecule has 1 aliphatic rings. The molecule has 0 radical (unpaired) electrons. The summed E-state index contributed by atoms with van der Waals surface area (Å²) < 4.78 is 5.66. The molecule has 0 aliphatic carbocycles. The Kier molecular flexibility index (Phi) is 8.86. The Labute approximate surface area is 190 Å². The minimum atomic E-state index is 0.0681. The Bertz CT molecular complexity index is 945. The Hall–Kier alpha value is -3.13. The van der Waals surface area contributed by atoms with Gasteiger partial charge in [-0.3, -0.25) is 0 Å². The van der Waals surface area contributed by atoms with Crippen molar-refractivity contribution in [3.05, 3.63) is 83.4 Å². The van der Waals surface area contributed by atoms with E-state index in [1.165, 1.54) is 24.8 Å². The first-order valence-electron chi connectivity index (χ1n) is 11.1. The van der Waals surface area contributed by atoms with Crippen molar-refractivity contribution in [2.75, 3.05) is 30.0 Å². The minimum absolute atomic E-state index is 0.0681. The van der Waals surface area contributed by atoms with Crippen LogP contribution in [0.4, 0.5) is 17.3 Å². The number of hydrogen-bond donors (Lipinski definition) is 5. The van der Waals surface area contributed by atoms with E-state index >= 15 is 0 Å². The molecule has 4 rings (SSSR count). The standard InChI is InChI=1S/C14H20N6.C11H14O/c15-7-6-10(9-4-2-1-3-5-9)11-8-12(16)19-14(20-18)13(11)17;1-2-6-10(7-3-1)11-8-4-5-9-12-11/h1-5,8,10H,6-7,15,17-18H2,(H3,16,19,20);1-3,6-7,11H,4-5,8-9H2. The molecule has 2 aromatic carbocycles. The molecule has 170 valence electrons. The van der Waals surface area contributed by atoms with Gasteiger partial charge in [-0.15, -0.1) is 0 Å². The number of benzene rings is 2. The number of rotatable bonds is 6. The van der Waals surface area contributed by atoms with Gasteiger partial charge in [0.15, 0.2) is 5.82 Å². The normalized spacial score (nSPS) is 16.5. The van der Waals surface area contributed by atoms with E-state index in [1.807, 2.05) is 36.4 Å². The molecule has 3 aromatic rings. The summed E-state index contributed by atoms with van der Waals surface area (Å²) in [6, 6.07) is 22.3. The van der Waals surface area contributed by atoms with E-state index in [-0.39, 0.29) is 5.92 Å². The lowest BCUT2D eigenvalue weighted by Gasteiger charge is -2.22. The van der Waals surface area contributed by atoms with E-state index < -0.39 is 0 Å². The molecule has 1 aromatic heterocycles. The van der Waals surface area contributed by atoms with E-state index in [1.54, 1.807) is 6.07 Å². The number of hydrogen-bond acceptors (Lipinski definition) is 7. The molecule has 0 amide bonds. The molecule has 2 atom stereocenters. The van der Waals surface area contributed by atoms with E-state index in [4.69, 9.17) is 27.8 Å². The van der Waals surface area contributed by atoms with Gasteiger partial charge in [0.1, 0.15) is 5.82 Å². The molecule has 1 aliphatic heterocycles. The zero-order valence-corrected chi connectivity index (χ0v) is 18.4. The van der Waals surface area contributed by atoms with Crippen molar-refractivity contribution in [3.63, 3.8) is 0 Å². The maximum atomic E-state index is 6.13. The zero-order valence-electron chi connectivity index (χ0n) is 18.4. The Morgan fingerprint density at radius 3 is 2.28 bits per heavy atom. The molecule has 1 fully saturated rings. The predicted octanol–water partition coefficient (Wildman–Crippen LogP) is 3.94. The number of anilines is 3. The van der Waals surface area contributed by atoms with Gasteiger partial charge in [0.25, 0.3) is 0 Å². The van der Waals surface area contributed by atoms with Gasteiger partial charge in [0.05, 0.1) is 11.8 Å². The molecule has 0 spiro atoms. The lowest BCUT2D eigenvalue weighted by Crippen LogP contribution is -2.16. The number of hydrazine groups is 1. The Morgan fingerprint density at radius 2 is 1.69 bits per heavy atom. The van der Waals surface area contributed by atoms with Crippen molar-refractivity contribution in [3.8, 4) is 0 Å². The number of nitrogens with one attached hydrogen (secondary N) is 1. The zero-order chi connectivity index (χ0) is 22.8. The third kappa shape index (κ3) is 6.20. The molecule has 1 saturated heterocycles. The molecule has 2 heterocycles. The van der Waals surface area contributed by atoms with Crippen LogP contribution in [0.3, 0.4) is 0 Å². The number of aromatic nitrogens is 1. The fraction of sp³-hybridized carbons (Fsp3) is 0.320. The fourth-order valence-corrected chi connectivity index (χ4v) is 4.02. The average molecular weight is 435 g/mol. The van der Waals surface area contributed by atoms with Gasteiger partial charge in [-0.2, -0.15) is 0 Å². The summed E-state index contributed by atoms with van der Waals surface area (Å²) in [5.74, 6) is 6.26. The first kappa shape index (κ1) is 23.5. The molecule has 2 unspecified atom stereocenters. The number of nitrogen functional groups attached to an aromatic ring is 3. The lowest BCUT2D eigenvalue weighted by atomic mass is 9.88. The lowest BCUT2D eigenvalue weighted by molar-refractivity contribution is 0.0149. The summed E-state index contributed by atoms with van der Waals surface area (Å²) >= 11 is 0. The second kappa shape index (κ2) is 12.0. The first-order valence-corrected chi connectivity index (χ1v) is 11.1. The van der Waals surface area contributed by atoms with Crippen LogP contribution in [0.1, 0.15) is 54.4 Å². The summed E-state index contributed by atoms with van der Waals surface area (Å²) in [4.78, 5) is 4.07. The Morgan fingerprint density at radius 1 is 1.00 bits per heavy atom. The van der Waals surface area contributed by atoms with Crippen molar-refractivity contribution in [1.82, 2.24) is 4.98 Å². The molecule has 32 heavy (non-hydrogen) atoms. The van der Waals surface area contributed by atoms with Crippen LogP contribution in [0.15, 0.2) is 66.7 Å². The molecule has 0 saturated carbocycles. The maximum Gasteiger partial charge on any atom is 0.165 e. The van der Waals surface area contributed by atoms with Gasteiger partial charge in [0.2, 0.25) is 0 Å². The smallest absolute Gasteiger partial charge is 0.165 e. The van der Waals surface area contributed by atoms with Gasteiger partial charge in [-0.25, -0.2) is 10.8 Å². The number of nitrogens with two attached hydrogens (primary N) is 4. The van der Waals surface area contributed by atoms with Gasteiger partial charge >= 0.3 is 0 Å². The molecular weight excluding hydrogens is 400 g/mol. The van der Waals surface area contributed by atoms with Crippen LogP contribution in [-0.4, -0.2) is 18.1 Å². The molecule has 0 bridgehead atoms. The fourth-order valence-electron chi connectivity index (χ4n) is 4.02. The average Bonchev–Trinajstić information content (AvgIpc) is 2.86. The third-order valence-electron chi connectivity index (χ3n) is 5.63. The van der Waals surface area contributed by atoms with E-state index in [2.05, 4.69) is 34.7 Å². The highest BCUT2D eigenvalue weighted by Gasteiger charge is 2.19. The van der Waals surface area contributed by atoms with Crippen molar-refractivity contribution in [2.24, 2.45) is 11.6 Å². The number of pyridine rings is 1. The van der Waals surface area contributed by atoms with E-state index in [0.717, 1.165) is 24.2 Å². The van der Waals surface area contributed by atoms with E-state index in [9.17, 15) is 0 Å². The van der Waals surface area contributed by atoms with Crippen LogP contribution in [0.25, 0.3) is 0 Å². The summed E-state index contributed by atoms with van der Waals surface area (Å²) in [5, 5.41) is 0. The first-order chi connectivity index (χ1) is 15.6. The summed E-state index contributed by atoms with van der Waals surface area (Å²) in [5.41, 5.74) is 24.0. The van der Waals surface area contributed by atoms with Crippen LogP contribution in [0, 0.1) is 0 Å². The highest BCUT2D eigenvalue weighted by molar-refractivity contribution is 5.70. The SMILES string of the molecule is NCCC(c1ccccc1)c1cc(N)nc(NN)c1N.c1ccc(C2CCCCO2)cc1. The van der Waals surface area contributed by atoms with Gasteiger partial charge in [-0.05, 0) is 55.0 Å². The predicted molar refractivity (Wildman–Crippen MR) is 132 cm³/mol. The minimum Gasteiger partial charge on any atom is -0.395 e. The highest BCUT2D eigenvalue weighted by atomic mass is 16.5. The van der Waals surface area contributed by atoms with Crippen molar-refractivity contribution in [2.45, 2.75) is 37.7 Å². The van der Waals surface area contributed by atoms with Gasteiger partial charge in [-0.1, -0.05) is 60.7 Å². The molecule has 7 heteroatoms. The van der Waals surface area contributed by atoms with E-state index in [0.29, 0.717) is 30.0 Å². The van der Waals surface area contributed by atoms with Crippen molar-refractivity contribution >= 4 is 17.3 Å². The quantitative estimate of drug-likeness (QED) is 0.292. The third-order valence-corrected chi connectivity index (χ3v) is 5.63. The number of nitrogens with zero attached hydrogens (tertiary/aromatic N) is 1. The summed E-state index contributed by atoms with van der Waals surface area (Å²) in [6.45, 7) is 1.48. The van der Waals surface area contributed by atoms with Gasteiger partial charge < -0.3 is 27.4 Å². The van der Waals surface area contributed by atoms with Crippen molar-refractivity contribution in [1.29, 1.82) is 0 Å². The van der Waals surface area contributed by atoms with Crippen LogP contribution in [0.2, 0.25) is 0 Å². The largest absolute Gasteiger partial charge is 0.395 e. The molecule has 7 nitrogen and oxygen atoms in total. The second-order valence-corrected chi connectivity index (χ2v) is 7.85. The van der Waals surface area contributed by atoms with Gasteiger partial charge in [0, 0.05) is 12.5 Å². The summed E-state index contributed by atoms with van der Waals surface area (Å²) in [7, 11) is 0. The van der Waals surface area contributed by atoms with Crippen LogP contribution >= 0.6 is 0 Å². The monoisotopic (exact) mass is 434 g/mol. The number of ether oxygens (including phenoxy) is 1.